The minimum Gasteiger partial charge on any atom is -0.322 e. The van der Waals surface area contributed by atoms with Crippen LogP contribution in [0.5, 0.6) is 0 Å². The van der Waals surface area contributed by atoms with Crippen molar-refractivity contribution < 1.29 is 26.4 Å². The largest absolute Gasteiger partial charge is 0.402 e. The van der Waals surface area contributed by atoms with Gasteiger partial charge in [0.15, 0.2) is 0 Å². The number of benzene rings is 2. The Balaban J connectivity index is 2.02. The van der Waals surface area contributed by atoms with Crippen LogP contribution in [0, 0.1) is 0 Å². The van der Waals surface area contributed by atoms with E-state index in [-0.39, 0.29) is 10.8 Å². The molecule has 0 unspecified atom stereocenters. The molecule has 0 aliphatic heterocycles. The van der Waals surface area contributed by atoms with Crippen molar-refractivity contribution in [3.05, 3.63) is 54.1 Å². The van der Waals surface area contributed by atoms with E-state index in [0.29, 0.717) is 16.5 Å². The van der Waals surface area contributed by atoms with Crippen molar-refractivity contribution in [2.24, 2.45) is 0 Å². The first-order valence-corrected chi connectivity index (χ1v) is 10.6. The third-order valence-electron chi connectivity index (χ3n) is 3.37. The molecular formula is C18H19F3N2O3S2. The number of anilines is 1. The van der Waals surface area contributed by atoms with E-state index in [1.807, 2.05) is 12.1 Å². The van der Waals surface area contributed by atoms with Gasteiger partial charge in [0.05, 0.1) is 4.90 Å². The Morgan fingerprint density at radius 3 is 2.11 bits per heavy atom. The topological polar surface area (TPSA) is 75.3 Å². The van der Waals surface area contributed by atoms with Crippen molar-refractivity contribution in [2.75, 3.05) is 11.9 Å². The molecule has 0 saturated carbocycles. The summed E-state index contributed by atoms with van der Waals surface area (Å²) in [6.07, 6.45) is -4.65. The normalized spacial score (nSPS) is 12.2. The summed E-state index contributed by atoms with van der Waals surface area (Å²) in [5, 5.41) is 3.03. The molecule has 10 heteroatoms. The second-order valence-corrected chi connectivity index (χ2v) is 9.53. The molecule has 0 saturated heterocycles. The van der Waals surface area contributed by atoms with Gasteiger partial charge in [-0.3, -0.25) is 4.79 Å². The van der Waals surface area contributed by atoms with Crippen LogP contribution in [0.4, 0.5) is 18.9 Å². The third kappa shape index (κ3) is 6.84. The molecule has 0 radical (unpaired) electrons. The molecule has 2 aromatic carbocycles. The first-order chi connectivity index (χ1) is 13.0. The van der Waals surface area contributed by atoms with Crippen LogP contribution in [0.1, 0.15) is 24.2 Å². The molecule has 0 heterocycles. The summed E-state index contributed by atoms with van der Waals surface area (Å²) in [6, 6.07) is 11.9. The minimum atomic E-state index is -4.65. The van der Waals surface area contributed by atoms with E-state index < -0.39 is 22.7 Å². The Labute approximate surface area is 165 Å². The van der Waals surface area contributed by atoms with Crippen LogP contribution in [0.15, 0.2) is 58.3 Å². The lowest BCUT2D eigenvalue weighted by Gasteiger charge is -2.10. The first-order valence-electron chi connectivity index (χ1n) is 8.21. The number of halogens is 3. The summed E-state index contributed by atoms with van der Waals surface area (Å²) < 4.78 is 61.7. The second kappa shape index (κ2) is 8.97. The summed E-state index contributed by atoms with van der Waals surface area (Å²) in [7, 11) is -4.29. The number of thioether (sulfide) groups is 1. The predicted molar refractivity (Wildman–Crippen MR) is 103 cm³/mol. The lowest BCUT2D eigenvalue weighted by Crippen LogP contribution is -2.33. The maximum atomic E-state index is 12.3. The number of nitrogens with one attached hydrogen (secondary N) is 2. The van der Waals surface area contributed by atoms with Gasteiger partial charge in [0.1, 0.15) is 6.54 Å². The van der Waals surface area contributed by atoms with Gasteiger partial charge in [-0.25, -0.2) is 13.1 Å². The summed E-state index contributed by atoms with van der Waals surface area (Å²) in [4.78, 5) is 13.0. The van der Waals surface area contributed by atoms with Crippen molar-refractivity contribution in [1.29, 1.82) is 0 Å². The van der Waals surface area contributed by atoms with E-state index in [4.69, 9.17) is 0 Å². The van der Waals surface area contributed by atoms with E-state index in [1.54, 1.807) is 23.9 Å². The molecular weight excluding hydrogens is 413 g/mol. The van der Waals surface area contributed by atoms with Crippen LogP contribution in [0.25, 0.3) is 0 Å². The fourth-order valence-corrected chi connectivity index (χ4v) is 3.99. The SMILES string of the molecule is CC(C)Sc1ccc(C(=O)Nc2ccc(S(=O)(=O)NCC(F)(F)F)cc2)cc1. The van der Waals surface area contributed by atoms with Crippen LogP contribution in [0.2, 0.25) is 0 Å². The van der Waals surface area contributed by atoms with Gasteiger partial charge < -0.3 is 5.32 Å². The quantitative estimate of drug-likeness (QED) is 0.641. The monoisotopic (exact) mass is 432 g/mol. The highest BCUT2D eigenvalue weighted by Gasteiger charge is 2.30. The maximum absolute atomic E-state index is 12.3. The Morgan fingerprint density at radius 1 is 1.04 bits per heavy atom. The lowest BCUT2D eigenvalue weighted by molar-refractivity contribution is -0.121. The number of rotatable bonds is 7. The molecule has 5 nitrogen and oxygen atoms in total. The number of carbonyl (C=O) groups excluding carboxylic acids is 1. The lowest BCUT2D eigenvalue weighted by atomic mass is 10.2. The van der Waals surface area contributed by atoms with Gasteiger partial charge >= 0.3 is 6.18 Å². The Bertz CT molecular complexity index is 911. The zero-order valence-corrected chi connectivity index (χ0v) is 16.7. The Hall–Kier alpha value is -2.04. The van der Waals surface area contributed by atoms with E-state index >= 15 is 0 Å². The molecule has 2 N–H and O–H groups in total. The van der Waals surface area contributed by atoms with E-state index in [1.165, 1.54) is 16.9 Å². The smallest absolute Gasteiger partial charge is 0.322 e. The summed E-state index contributed by atoms with van der Waals surface area (Å²) in [5.74, 6) is -0.382. The molecule has 0 bridgehead atoms. The standard InChI is InChI=1S/C18H19F3N2O3S2/c1-12(2)27-15-7-3-13(4-8-15)17(24)23-14-5-9-16(10-6-14)28(25,26)22-11-18(19,20)21/h3-10,12,22H,11H2,1-2H3,(H,23,24). The first kappa shape index (κ1) is 22.3. The molecule has 28 heavy (non-hydrogen) atoms. The zero-order valence-electron chi connectivity index (χ0n) is 15.1. The van der Waals surface area contributed by atoms with E-state index in [2.05, 4.69) is 19.2 Å². The highest BCUT2D eigenvalue weighted by atomic mass is 32.2. The van der Waals surface area contributed by atoms with Gasteiger partial charge in [0, 0.05) is 21.4 Å². The average Bonchev–Trinajstić information content (AvgIpc) is 2.60. The predicted octanol–water partition coefficient (Wildman–Crippen LogP) is 4.28. The van der Waals surface area contributed by atoms with Gasteiger partial charge in [0.25, 0.3) is 5.91 Å². The number of alkyl halides is 3. The highest BCUT2D eigenvalue weighted by Crippen LogP contribution is 2.23. The number of sulfonamides is 1. The van der Waals surface area contributed by atoms with Crippen molar-refractivity contribution in [3.63, 3.8) is 0 Å². The van der Waals surface area contributed by atoms with Gasteiger partial charge in [-0.1, -0.05) is 13.8 Å². The molecule has 0 atom stereocenters. The minimum absolute atomic E-state index is 0.320. The highest BCUT2D eigenvalue weighted by molar-refractivity contribution is 7.99. The fraction of sp³-hybridized carbons (Fsp3) is 0.278. The molecule has 0 aliphatic rings. The van der Waals surface area contributed by atoms with Crippen molar-refractivity contribution >= 4 is 33.4 Å². The van der Waals surface area contributed by atoms with Crippen molar-refractivity contribution in [1.82, 2.24) is 4.72 Å². The van der Waals surface area contributed by atoms with E-state index in [9.17, 15) is 26.4 Å². The fourth-order valence-electron chi connectivity index (χ4n) is 2.14. The van der Waals surface area contributed by atoms with Crippen LogP contribution >= 0.6 is 11.8 Å². The molecule has 152 valence electrons. The summed E-state index contributed by atoms with van der Waals surface area (Å²) >= 11 is 1.67. The Kier molecular flexibility index (Phi) is 7.13. The number of hydrogen-bond donors (Lipinski definition) is 2. The molecule has 0 aliphatic carbocycles. The van der Waals surface area contributed by atoms with Gasteiger partial charge in [-0.2, -0.15) is 13.2 Å². The summed E-state index contributed by atoms with van der Waals surface area (Å²) in [6.45, 7) is 2.47. The average molecular weight is 432 g/mol. The molecule has 0 spiro atoms. The van der Waals surface area contributed by atoms with Gasteiger partial charge in [0.2, 0.25) is 10.0 Å². The molecule has 1 amide bonds. The van der Waals surface area contributed by atoms with Crippen LogP contribution < -0.4 is 10.0 Å². The summed E-state index contributed by atoms with van der Waals surface area (Å²) in [5.41, 5.74) is 0.747. The van der Waals surface area contributed by atoms with Crippen LogP contribution in [0.3, 0.4) is 0 Å². The maximum Gasteiger partial charge on any atom is 0.402 e. The van der Waals surface area contributed by atoms with Gasteiger partial charge in [-0.05, 0) is 48.5 Å². The molecule has 2 aromatic rings. The Morgan fingerprint density at radius 2 is 1.61 bits per heavy atom. The van der Waals surface area contributed by atoms with E-state index in [0.717, 1.165) is 17.0 Å². The number of carbonyl (C=O) groups is 1. The number of amides is 1. The zero-order chi connectivity index (χ0) is 20.9. The van der Waals surface area contributed by atoms with Crippen molar-refractivity contribution in [3.8, 4) is 0 Å². The van der Waals surface area contributed by atoms with Gasteiger partial charge in [-0.15, -0.1) is 11.8 Å². The van der Waals surface area contributed by atoms with Crippen LogP contribution in [-0.4, -0.2) is 32.3 Å². The van der Waals surface area contributed by atoms with Crippen molar-refractivity contribution in [2.45, 2.75) is 35.1 Å². The molecule has 0 fully saturated rings. The second-order valence-electron chi connectivity index (χ2n) is 6.11. The number of hydrogen-bond acceptors (Lipinski definition) is 4. The molecule has 2 rings (SSSR count). The molecule has 0 aromatic heterocycles. The van der Waals surface area contributed by atoms with Crippen LogP contribution in [-0.2, 0) is 10.0 Å². The third-order valence-corrected chi connectivity index (χ3v) is 5.81.